The van der Waals surface area contributed by atoms with Crippen LogP contribution in [0.3, 0.4) is 0 Å². The molecule has 188 valence electrons. The number of halogens is 2. The van der Waals surface area contributed by atoms with Crippen LogP contribution in [0.15, 0.2) is 24.5 Å². The zero-order valence-electron chi connectivity index (χ0n) is 20.0. The highest BCUT2D eigenvalue weighted by atomic mass is 35.5. The number of benzene rings is 1. The summed E-state index contributed by atoms with van der Waals surface area (Å²) in [6.45, 7) is 6.64. The molecule has 0 radical (unpaired) electrons. The lowest BCUT2D eigenvalue weighted by Gasteiger charge is -2.42. The zero-order valence-corrected chi connectivity index (χ0v) is 20.7. The molecule has 35 heavy (non-hydrogen) atoms. The largest absolute Gasteiger partial charge is 0.387 e. The second-order valence-electron chi connectivity index (χ2n) is 9.76. The topological polar surface area (TPSA) is 84.8 Å². The summed E-state index contributed by atoms with van der Waals surface area (Å²) in [5.41, 5.74) is 2.50. The van der Waals surface area contributed by atoms with Gasteiger partial charge >= 0.3 is 6.03 Å². The van der Waals surface area contributed by atoms with E-state index in [-0.39, 0.29) is 23.0 Å². The molecule has 0 bridgehead atoms. The predicted octanol–water partition coefficient (Wildman–Crippen LogP) is 3.31. The van der Waals surface area contributed by atoms with Gasteiger partial charge in [-0.15, -0.1) is 0 Å². The summed E-state index contributed by atoms with van der Waals surface area (Å²) >= 11 is 5.87. The van der Waals surface area contributed by atoms with Crippen LogP contribution in [0.4, 0.5) is 15.0 Å². The Morgan fingerprint density at radius 3 is 2.69 bits per heavy atom. The normalized spacial score (nSPS) is 22.9. The number of carbonyl (C=O) groups excluding carboxylic acids is 1. The second kappa shape index (κ2) is 10.2. The van der Waals surface area contributed by atoms with Crippen molar-refractivity contribution in [1.82, 2.24) is 25.1 Å². The minimum Gasteiger partial charge on any atom is -0.387 e. The summed E-state index contributed by atoms with van der Waals surface area (Å²) in [5.74, 6) is 0.608. The van der Waals surface area contributed by atoms with Gasteiger partial charge in [0.1, 0.15) is 18.0 Å². The van der Waals surface area contributed by atoms with E-state index in [1.54, 1.807) is 12.1 Å². The molecule has 0 spiro atoms. The van der Waals surface area contributed by atoms with Crippen LogP contribution < -0.4 is 10.2 Å². The van der Waals surface area contributed by atoms with Gasteiger partial charge < -0.3 is 25.1 Å². The second-order valence-corrected chi connectivity index (χ2v) is 10.2. The van der Waals surface area contributed by atoms with E-state index in [0.717, 1.165) is 48.6 Å². The Balaban J connectivity index is 1.30. The number of nitrogens with one attached hydrogen (secondary N) is 1. The number of rotatable bonds is 4. The van der Waals surface area contributed by atoms with Gasteiger partial charge in [0.25, 0.3) is 0 Å². The highest BCUT2D eigenvalue weighted by Gasteiger charge is 2.35. The van der Waals surface area contributed by atoms with E-state index in [2.05, 4.69) is 27.1 Å². The molecule has 0 saturated carbocycles. The van der Waals surface area contributed by atoms with Gasteiger partial charge in [0, 0.05) is 44.3 Å². The third kappa shape index (κ3) is 4.94. The molecular formula is C25H32ClFN6O2. The number of aliphatic hydroxyl groups excluding tert-OH is 1. The molecule has 1 aromatic heterocycles. The molecule has 3 aliphatic rings. The fourth-order valence-corrected chi connectivity index (χ4v) is 5.67. The lowest BCUT2D eigenvalue weighted by atomic mass is 10.0. The van der Waals surface area contributed by atoms with Crippen LogP contribution in [0.1, 0.15) is 55.0 Å². The van der Waals surface area contributed by atoms with E-state index in [1.165, 1.54) is 12.4 Å². The number of hydrogen-bond donors (Lipinski definition) is 2. The van der Waals surface area contributed by atoms with Crippen LogP contribution >= 0.6 is 11.6 Å². The number of piperazine rings is 1. The van der Waals surface area contributed by atoms with E-state index in [0.29, 0.717) is 39.1 Å². The molecule has 0 unspecified atom stereocenters. The van der Waals surface area contributed by atoms with Gasteiger partial charge in [-0.2, -0.15) is 0 Å². The Bertz CT molecular complexity index is 1070. The predicted molar refractivity (Wildman–Crippen MR) is 132 cm³/mol. The van der Waals surface area contributed by atoms with Crippen molar-refractivity contribution in [3.8, 4) is 0 Å². The first-order valence-corrected chi connectivity index (χ1v) is 12.8. The summed E-state index contributed by atoms with van der Waals surface area (Å²) < 4.78 is 14.1. The van der Waals surface area contributed by atoms with Gasteiger partial charge in [0.15, 0.2) is 0 Å². The standard InChI is InChI=1S/C25H32ClFN6O2/c1-16-12-21(34)23-22(16)24(30-15-29-23)31-8-10-32(11-9-31)25(35)33(18-4-6-28-7-5-18)14-17-2-3-19(26)20(27)13-17/h2-3,13,15-16,18,21,28,34H,4-12,14H2,1H3/t16-,21-/m1/s1. The fourth-order valence-electron chi connectivity index (χ4n) is 5.55. The average molecular weight is 503 g/mol. The van der Waals surface area contributed by atoms with Crippen LogP contribution in [-0.2, 0) is 6.54 Å². The minimum atomic E-state index is -0.541. The molecule has 2 saturated heterocycles. The number of nitrogens with zero attached hydrogens (tertiary/aromatic N) is 5. The first-order chi connectivity index (χ1) is 16.9. The molecule has 3 heterocycles. The maximum absolute atomic E-state index is 14.1. The monoisotopic (exact) mass is 502 g/mol. The summed E-state index contributed by atoms with van der Waals surface area (Å²) in [4.78, 5) is 28.6. The number of carbonyl (C=O) groups is 1. The van der Waals surface area contributed by atoms with Crippen LogP contribution in [0.2, 0.25) is 5.02 Å². The van der Waals surface area contributed by atoms with Crippen LogP contribution in [0, 0.1) is 5.82 Å². The Kier molecular flexibility index (Phi) is 7.09. The number of hydrogen-bond acceptors (Lipinski definition) is 6. The van der Waals surface area contributed by atoms with Crippen LogP contribution in [-0.4, -0.2) is 76.2 Å². The quantitative estimate of drug-likeness (QED) is 0.667. The summed E-state index contributed by atoms with van der Waals surface area (Å²) in [5, 5.41) is 13.8. The first kappa shape index (κ1) is 24.2. The maximum atomic E-state index is 14.1. The maximum Gasteiger partial charge on any atom is 0.320 e. The van der Waals surface area contributed by atoms with Gasteiger partial charge in [-0.3, -0.25) is 0 Å². The van der Waals surface area contributed by atoms with Crippen LogP contribution in [0.25, 0.3) is 0 Å². The molecular weight excluding hydrogens is 471 g/mol. The van der Waals surface area contributed by atoms with Gasteiger partial charge in [-0.25, -0.2) is 19.2 Å². The molecule has 2 fully saturated rings. The van der Waals surface area contributed by atoms with Crippen molar-refractivity contribution in [2.75, 3.05) is 44.2 Å². The number of aliphatic hydroxyl groups is 1. The molecule has 2 amide bonds. The fraction of sp³-hybridized carbons (Fsp3) is 0.560. The molecule has 5 rings (SSSR count). The van der Waals surface area contributed by atoms with Gasteiger partial charge in [-0.05, 0) is 56.0 Å². The summed E-state index contributed by atoms with van der Waals surface area (Å²) in [6, 6.07) is 4.86. The Hall–Kier alpha value is -2.49. The van der Waals surface area contributed by atoms with Gasteiger partial charge in [0.05, 0.1) is 16.8 Å². The van der Waals surface area contributed by atoms with Crippen molar-refractivity contribution in [3.05, 3.63) is 52.2 Å². The van der Waals surface area contributed by atoms with Crippen LogP contribution in [0.5, 0.6) is 0 Å². The molecule has 2 atom stereocenters. The highest BCUT2D eigenvalue weighted by Crippen LogP contribution is 2.42. The molecule has 2 aromatic rings. The summed E-state index contributed by atoms with van der Waals surface area (Å²) in [6.07, 6.45) is 3.39. The third-order valence-corrected chi connectivity index (χ3v) is 7.77. The van der Waals surface area contributed by atoms with E-state index in [1.807, 2.05) is 9.80 Å². The molecule has 1 aliphatic carbocycles. The number of urea groups is 1. The van der Waals surface area contributed by atoms with E-state index >= 15 is 0 Å². The number of fused-ring (bicyclic) bond motifs is 1. The van der Waals surface area contributed by atoms with Crippen molar-refractivity contribution in [2.24, 2.45) is 0 Å². The van der Waals surface area contributed by atoms with E-state index in [9.17, 15) is 14.3 Å². The number of amides is 2. The lowest BCUT2D eigenvalue weighted by molar-refractivity contribution is 0.115. The Morgan fingerprint density at radius 2 is 1.97 bits per heavy atom. The third-order valence-electron chi connectivity index (χ3n) is 7.46. The number of piperidine rings is 1. The number of aromatic nitrogens is 2. The average Bonchev–Trinajstić information content (AvgIpc) is 3.18. The van der Waals surface area contributed by atoms with E-state index in [4.69, 9.17) is 11.6 Å². The van der Waals surface area contributed by atoms with Crippen molar-refractivity contribution < 1.29 is 14.3 Å². The Morgan fingerprint density at radius 1 is 1.23 bits per heavy atom. The SMILES string of the molecule is C[C@@H]1C[C@@H](O)c2ncnc(N3CCN(C(=O)N(Cc4ccc(Cl)c(F)c4)C4CCNCC4)CC3)c21. The molecule has 10 heteroatoms. The summed E-state index contributed by atoms with van der Waals surface area (Å²) in [7, 11) is 0. The smallest absolute Gasteiger partial charge is 0.320 e. The van der Waals surface area contributed by atoms with Gasteiger partial charge in [-0.1, -0.05) is 24.6 Å². The molecule has 8 nitrogen and oxygen atoms in total. The van der Waals surface area contributed by atoms with Crippen molar-refractivity contribution in [1.29, 1.82) is 0 Å². The van der Waals surface area contributed by atoms with Gasteiger partial charge in [0.2, 0.25) is 0 Å². The van der Waals surface area contributed by atoms with Crippen molar-refractivity contribution >= 4 is 23.4 Å². The molecule has 2 aliphatic heterocycles. The molecule has 2 N–H and O–H groups in total. The highest BCUT2D eigenvalue weighted by molar-refractivity contribution is 6.30. The van der Waals surface area contributed by atoms with Crippen molar-refractivity contribution in [3.63, 3.8) is 0 Å². The van der Waals surface area contributed by atoms with E-state index < -0.39 is 11.9 Å². The Labute approximate surface area is 210 Å². The first-order valence-electron chi connectivity index (χ1n) is 12.4. The minimum absolute atomic E-state index is 0.0105. The molecule has 1 aromatic carbocycles. The zero-order chi connectivity index (χ0) is 24.5. The lowest BCUT2D eigenvalue weighted by Crippen LogP contribution is -2.56. The number of anilines is 1. The van der Waals surface area contributed by atoms with Crippen molar-refractivity contribution in [2.45, 2.75) is 50.8 Å².